The highest BCUT2D eigenvalue weighted by Gasteiger charge is 2.22. The van der Waals surface area contributed by atoms with Crippen molar-refractivity contribution in [3.8, 4) is 22.8 Å². The molecule has 1 aliphatic carbocycles. The molecule has 0 aliphatic heterocycles. The van der Waals surface area contributed by atoms with Gasteiger partial charge in [0, 0.05) is 5.56 Å². The average Bonchev–Trinajstić information content (AvgIpc) is 3.72. The highest BCUT2D eigenvalue weighted by molar-refractivity contribution is 6.39. The summed E-state index contributed by atoms with van der Waals surface area (Å²) >= 11 is 24.9. The second-order valence-corrected chi connectivity index (χ2v) is 13.4. The summed E-state index contributed by atoms with van der Waals surface area (Å²) in [5.74, 6) is 0.0156. The Morgan fingerprint density at radius 3 is 1.76 bits per heavy atom. The van der Waals surface area contributed by atoms with Gasteiger partial charge in [-0.2, -0.15) is 0 Å². The Hall–Kier alpha value is -4.86. The molecule has 5 aromatic carbocycles. The van der Waals surface area contributed by atoms with Crippen LogP contribution in [0, 0.1) is 0 Å². The first-order valence-electron chi connectivity index (χ1n) is 15.7. The van der Waals surface area contributed by atoms with Crippen molar-refractivity contribution in [2.75, 3.05) is 0 Å². The molecular formula is C38H27Cl4N5O3. The predicted octanol–water partition coefficient (Wildman–Crippen LogP) is 10.6. The standard InChI is InChI=1S/C24H19Cl2N3O.C14H8Cl2N2O2/c25-17-8-4-9-18(26)22(17)23-27-20-12-11-15(13-21(20)28-23)24(30)29-19-10-3-6-14-5-1-2-7-16(14)19;15-8-2-1-3-9(16)12(8)13-17-10-5-4-7(14(19)20)6-11(10)18-13/h1-2,4-5,7-9,11-13,19H,3,6,10H2,(H,27,28)(H,29,30);1-6H,(H,17,18)(H,19,20). The average molecular weight is 743 g/mol. The number of hydrogen-bond acceptors (Lipinski definition) is 4. The fraction of sp³-hybridized carbons (Fsp3) is 0.105. The summed E-state index contributed by atoms with van der Waals surface area (Å²) in [5.41, 5.74) is 7.36. The normalized spacial score (nSPS) is 13.8. The first-order chi connectivity index (χ1) is 24.2. The summed E-state index contributed by atoms with van der Waals surface area (Å²) in [6.07, 6.45) is 3.09. The molecule has 0 fully saturated rings. The minimum atomic E-state index is -0.987. The molecular weight excluding hydrogens is 716 g/mol. The van der Waals surface area contributed by atoms with Crippen LogP contribution in [0.2, 0.25) is 20.1 Å². The zero-order valence-electron chi connectivity index (χ0n) is 26.1. The minimum absolute atomic E-state index is 0.0393. The number of fused-ring (bicyclic) bond motifs is 3. The summed E-state index contributed by atoms with van der Waals surface area (Å²) in [5, 5.41) is 14.2. The van der Waals surface area contributed by atoms with E-state index in [1.807, 2.05) is 18.2 Å². The highest BCUT2D eigenvalue weighted by atomic mass is 35.5. The maximum Gasteiger partial charge on any atom is 0.335 e. The largest absolute Gasteiger partial charge is 0.478 e. The Balaban J connectivity index is 0.000000170. The Kier molecular flexibility index (Phi) is 9.53. The van der Waals surface area contributed by atoms with Gasteiger partial charge in [-0.1, -0.05) is 82.8 Å². The van der Waals surface area contributed by atoms with Crippen LogP contribution >= 0.6 is 46.4 Å². The van der Waals surface area contributed by atoms with Gasteiger partial charge in [0.2, 0.25) is 0 Å². The van der Waals surface area contributed by atoms with Crippen LogP contribution in [0.3, 0.4) is 0 Å². The van der Waals surface area contributed by atoms with Crippen LogP contribution in [0.4, 0.5) is 0 Å². The number of aromatic amines is 2. The Morgan fingerprint density at radius 2 is 1.20 bits per heavy atom. The fourth-order valence-corrected chi connectivity index (χ4v) is 7.28. The smallest absolute Gasteiger partial charge is 0.335 e. The van der Waals surface area contributed by atoms with E-state index in [2.05, 4.69) is 43.5 Å². The quantitative estimate of drug-likeness (QED) is 0.140. The van der Waals surface area contributed by atoms with Gasteiger partial charge in [0.15, 0.2) is 0 Å². The highest BCUT2D eigenvalue weighted by Crippen LogP contribution is 2.35. The first-order valence-corrected chi connectivity index (χ1v) is 17.2. The number of carbonyl (C=O) groups is 2. The molecule has 50 heavy (non-hydrogen) atoms. The van der Waals surface area contributed by atoms with Gasteiger partial charge in [0.25, 0.3) is 5.91 Å². The molecule has 0 spiro atoms. The van der Waals surface area contributed by atoms with Crippen molar-refractivity contribution in [1.82, 2.24) is 25.3 Å². The second kappa shape index (κ2) is 14.2. The van der Waals surface area contributed by atoms with Gasteiger partial charge in [0.1, 0.15) is 11.6 Å². The number of aromatic carboxylic acids is 1. The van der Waals surface area contributed by atoms with Gasteiger partial charge in [-0.15, -0.1) is 0 Å². The van der Waals surface area contributed by atoms with E-state index in [0.717, 1.165) is 30.3 Å². The topological polar surface area (TPSA) is 124 Å². The lowest BCUT2D eigenvalue weighted by atomic mass is 9.87. The fourth-order valence-electron chi connectivity index (χ4n) is 6.12. The van der Waals surface area contributed by atoms with Crippen molar-refractivity contribution >= 4 is 80.3 Å². The lowest BCUT2D eigenvalue weighted by molar-refractivity contribution is 0.0696. The maximum absolute atomic E-state index is 13.0. The molecule has 7 aromatic rings. The van der Waals surface area contributed by atoms with Crippen LogP contribution in [-0.2, 0) is 6.42 Å². The van der Waals surface area contributed by atoms with Gasteiger partial charge in [-0.25, -0.2) is 14.8 Å². The predicted molar refractivity (Wildman–Crippen MR) is 200 cm³/mol. The van der Waals surface area contributed by atoms with Crippen molar-refractivity contribution in [2.45, 2.75) is 25.3 Å². The third kappa shape index (κ3) is 6.80. The maximum atomic E-state index is 13.0. The van der Waals surface area contributed by atoms with Crippen molar-refractivity contribution in [3.63, 3.8) is 0 Å². The van der Waals surface area contributed by atoms with Gasteiger partial charge < -0.3 is 20.4 Å². The van der Waals surface area contributed by atoms with Crippen LogP contribution < -0.4 is 5.32 Å². The Morgan fingerprint density at radius 1 is 0.680 bits per heavy atom. The minimum Gasteiger partial charge on any atom is -0.478 e. The molecule has 0 bridgehead atoms. The number of hydrogen-bond donors (Lipinski definition) is 4. The number of halogens is 4. The number of carboxylic acids is 1. The number of imidazole rings is 2. The zero-order valence-corrected chi connectivity index (χ0v) is 29.1. The number of carbonyl (C=O) groups excluding carboxylic acids is 1. The van der Waals surface area contributed by atoms with Crippen LogP contribution in [0.15, 0.2) is 97.1 Å². The van der Waals surface area contributed by atoms with Crippen molar-refractivity contribution in [1.29, 1.82) is 0 Å². The SMILES string of the molecule is O=C(NC1CCCc2ccccc21)c1ccc2nc(-c3c(Cl)cccc3Cl)[nH]c2c1.O=C(O)c1ccc2nc(-c3c(Cl)cccc3Cl)[nH]c2c1. The van der Waals surface area contributed by atoms with Gasteiger partial charge in [0.05, 0.1) is 64.9 Å². The van der Waals surface area contributed by atoms with Crippen molar-refractivity contribution in [2.24, 2.45) is 0 Å². The Labute approximate surface area is 306 Å². The summed E-state index contributed by atoms with van der Waals surface area (Å²) in [6, 6.07) is 29.0. The number of nitrogens with zero attached hydrogens (tertiary/aromatic N) is 2. The number of carboxylic acid groups (broad SMARTS) is 1. The molecule has 0 saturated carbocycles. The van der Waals surface area contributed by atoms with E-state index < -0.39 is 5.97 Å². The van der Waals surface area contributed by atoms with E-state index in [4.69, 9.17) is 51.5 Å². The third-order valence-electron chi connectivity index (χ3n) is 8.55. The van der Waals surface area contributed by atoms with Gasteiger partial charge in [-0.05, 0) is 91.1 Å². The number of nitrogens with one attached hydrogen (secondary N) is 3. The molecule has 2 heterocycles. The summed E-state index contributed by atoms with van der Waals surface area (Å²) in [7, 11) is 0. The molecule has 1 atom stereocenters. The summed E-state index contributed by atoms with van der Waals surface area (Å²) in [4.78, 5) is 39.2. The van der Waals surface area contributed by atoms with Gasteiger partial charge >= 0.3 is 5.97 Å². The number of aromatic nitrogens is 4. The molecule has 0 radical (unpaired) electrons. The van der Waals surface area contributed by atoms with E-state index in [0.29, 0.717) is 59.5 Å². The molecule has 8 rings (SSSR count). The number of benzene rings is 5. The molecule has 12 heteroatoms. The van der Waals surface area contributed by atoms with Crippen LogP contribution in [-0.4, -0.2) is 36.9 Å². The van der Waals surface area contributed by atoms with Crippen LogP contribution in [0.25, 0.3) is 44.8 Å². The Bertz CT molecular complexity index is 2380. The summed E-state index contributed by atoms with van der Waals surface area (Å²) < 4.78 is 0. The number of H-pyrrole nitrogens is 2. The zero-order chi connectivity index (χ0) is 34.9. The lowest BCUT2D eigenvalue weighted by Gasteiger charge is -2.26. The first kappa shape index (κ1) is 33.6. The monoisotopic (exact) mass is 741 g/mol. The van der Waals surface area contributed by atoms with E-state index in [9.17, 15) is 9.59 Å². The van der Waals surface area contributed by atoms with Crippen LogP contribution in [0.5, 0.6) is 0 Å². The van der Waals surface area contributed by atoms with E-state index in [1.54, 1.807) is 48.5 Å². The van der Waals surface area contributed by atoms with Crippen molar-refractivity contribution < 1.29 is 14.7 Å². The summed E-state index contributed by atoms with van der Waals surface area (Å²) in [6.45, 7) is 0. The number of rotatable bonds is 5. The van der Waals surface area contributed by atoms with Gasteiger partial charge in [-0.3, -0.25) is 4.79 Å². The molecule has 8 nitrogen and oxygen atoms in total. The molecule has 4 N–H and O–H groups in total. The van der Waals surface area contributed by atoms with Crippen LogP contribution in [0.1, 0.15) is 50.7 Å². The molecule has 1 amide bonds. The molecule has 1 aliphatic rings. The lowest BCUT2D eigenvalue weighted by Crippen LogP contribution is -2.30. The van der Waals surface area contributed by atoms with Crippen molar-refractivity contribution in [3.05, 3.63) is 139 Å². The third-order valence-corrected chi connectivity index (χ3v) is 9.81. The van der Waals surface area contributed by atoms with E-state index in [-0.39, 0.29) is 17.5 Å². The number of amides is 1. The van der Waals surface area contributed by atoms with E-state index in [1.165, 1.54) is 23.3 Å². The molecule has 2 aromatic heterocycles. The second-order valence-electron chi connectivity index (χ2n) is 11.8. The molecule has 0 saturated heterocycles. The van der Waals surface area contributed by atoms with E-state index >= 15 is 0 Å². The molecule has 1 unspecified atom stereocenters. The molecule has 250 valence electrons. The number of aryl methyl sites for hydroxylation is 1.